The number of carboxylic acids is 1. The van der Waals surface area contributed by atoms with Crippen molar-refractivity contribution in [3.05, 3.63) is 0 Å². The second-order valence-corrected chi connectivity index (χ2v) is 3.73. The second kappa shape index (κ2) is 6.04. The molecular weight excluding hydrogens is 230 g/mol. The molecule has 96 valence electrons. The lowest BCUT2D eigenvalue weighted by Crippen LogP contribution is -2.54. The van der Waals surface area contributed by atoms with Crippen molar-refractivity contribution in [2.75, 3.05) is 13.2 Å². The summed E-state index contributed by atoms with van der Waals surface area (Å²) < 4.78 is 0. The average Bonchev–Trinajstić information content (AvgIpc) is 2.28. The van der Waals surface area contributed by atoms with Crippen molar-refractivity contribution in [3.8, 4) is 0 Å². The summed E-state index contributed by atoms with van der Waals surface area (Å²) in [4.78, 5) is 32.8. The Morgan fingerprint density at radius 3 is 2.71 bits per heavy atom. The smallest absolute Gasteiger partial charge is 0.328 e. The number of hydrogen-bond acceptors (Lipinski definition) is 4. The summed E-state index contributed by atoms with van der Waals surface area (Å²) in [5.41, 5.74) is 0. The summed E-state index contributed by atoms with van der Waals surface area (Å²) in [7, 11) is 0. The molecule has 1 saturated heterocycles. The van der Waals surface area contributed by atoms with Crippen molar-refractivity contribution < 1.29 is 24.6 Å². The highest BCUT2D eigenvalue weighted by molar-refractivity contribution is 5.83. The van der Waals surface area contributed by atoms with Crippen molar-refractivity contribution >= 4 is 17.9 Å². The Kier molecular flexibility index (Phi) is 4.70. The second-order valence-electron chi connectivity index (χ2n) is 3.73. The van der Waals surface area contributed by atoms with E-state index in [-0.39, 0.29) is 11.9 Å². The minimum atomic E-state index is -1.33. The molecule has 1 rings (SSSR count). The topological polar surface area (TPSA) is 128 Å². The number of carbonyl (C=O) groups is 3. The largest absolute Gasteiger partial charge is 0.480 e. The zero-order valence-electron chi connectivity index (χ0n) is 9.10. The fourth-order valence-corrected chi connectivity index (χ4v) is 1.43. The standard InChI is InChI=1S/C9H15N3O5/c13-4-6(8(15)16)12-9(17)11-5-1-2-7(14)10-3-5/h5-6,13H,1-4H2,(H,10,14)(H,15,16)(H2,11,12,17)/t5?,6-/m0/s1. The fraction of sp³-hybridized carbons (Fsp3) is 0.667. The van der Waals surface area contributed by atoms with E-state index in [1.54, 1.807) is 0 Å². The summed E-state index contributed by atoms with van der Waals surface area (Å²) in [5, 5.41) is 24.5. The van der Waals surface area contributed by atoms with E-state index in [0.29, 0.717) is 19.4 Å². The Morgan fingerprint density at radius 1 is 1.53 bits per heavy atom. The number of piperidine rings is 1. The molecule has 0 spiro atoms. The highest BCUT2D eigenvalue weighted by atomic mass is 16.4. The quantitative estimate of drug-likeness (QED) is 0.392. The molecule has 0 bridgehead atoms. The van der Waals surface area contributed by atoms with Gasteiger partial charge in [0.25, 0.3) is 0 Å². The van der Waals surface area contributed by atoms with E-state index in [1.807, 2.05) is 0 Å². The van der Waals surface area contributed by atoms with Gasteiger partial charge in [0.15, 0.2) is 6.04 Å². The molecule has 0 aromatic carbocycles. The number of carboxylic acid groups (broad SMARTS) is 1. The Morgan fingerprint density at radius 2 is 2.24 bits per heavy atom. The summed E-state index contributed by atoms with van der Waals surface area (Å²) >= 11 is 0. The number of nitrogens with one attached hydrogen (secondary N) is 3. The van der Waals surface area contributed by atoms with Crippen LogP contribution in [0.4, 0.5) is 4.79 Å². The van der Waals surface area contributed by atoms with Crippen molar-refractivity contribution in [1.29, 1.82) is 0 Å². The monoisotopic (exact) mass is 245 g/mol. The van der Waals surface area contributed by atoms with Crippen LogP contribution in [-0.2, 0) is 9.59 Å². The first-order valence-electron chi connectivity index (χ1n) is 5.20. The van der Waals surface area contributed by atoms with Gasteiger partial charge >= 0.3 is 12.0 Å². The molecule has 3 amide bonds. The number of urea groups is 1. The SMILES string of the molecule is O=C1CCC(NC(=O)N[C@@H](CO)C(=O)O)CN1. The highest BCUT2D eigenvalue weighted by Crippen LogP contribution is 2.02. The zero-order chi connectivity index (χ0) is 12.8. The average molecular weight is 245 g/mol. The van der Waals surface area contributed by atoms with Crippen LogP contribution < -0.4 is 16.0 Å². The maximum atomic E-state index is 11.4. The Labute approximate surface area is 97.4 Å². The molecule has 0 radical (unpaired) electrons. The molecule has 0 aromatic rings. The van der Waals surface area contributed by atoms with Crippen LogP contribution in [0.1, 0.15) is 12.8 Å². The van der Waals surface area contributed by atoms with Gasteiger partial charge in [0.1, 0.15) is 0 Å². The van der Waals surface area contributed by atoms with Crippen LogP contribution >= 0.6 is 0 Å². The third-order valence-corrected chi connectivity index (χ3v) is 2.39. The van der Waals surface area contributed by atoms with Gasteiger partial charge in [-0.3, -0.25) is 4.79 Å². The van der Waals surface area contributed by atoms with Gasteiger partial charge in [-0.1, -0.05) is 0 Å². The van der Waals surface area contributed by atoms with Crippen molar-refractivity contribution in [2.45, 2.75) is 24.9 Å². The number of hydrogen-bond donors (Lipinski definition) is 5. The minimum Gasteiger partial charge on any atom is -0.480 e. The summed E-state index contributed by atoms with van der Waals surface area (Å²) in [5.74, 6) is -1.37. The van der Waals surface area contributed by atoms with Gasteiger partial charge in [0.2, 0.25) is 5.91 Å². The van der Waals surface area contributed by atoms with E-state index >= 15 is 0 Å². The van der Waals surface area contributed by atoms with E-state index in [2.05, 4.69) is 16.0 Å². The molecule has 2 atom stereocenters. The van der Waals surface area contributed by atoms with Crippen LogP contribution in [0.15, 0.2) is 0 Å². The van der Waals surface area contributed by atoms with Crippen molar-refractivity contribution in [3.63, 3.8) is 0 Å². The molecule has 17 heavy (non-hydrogen) atoms. The molecule has 0 aromatic heterocycles. The molecular formula is C9H15N3O5. The van der Waals surface area contributed by atoms with Gasteiger partial charge in [-0.15, -0.1) is 0 Å². The lowest BCUT2D eigenvalue weighted by atomic mass is 10.1. The fourth-order valence-electron chi connectivity index (χ4n) is 1.43. The molecule has 5 N–H and O–H groups in total. The van der Waals surface area contributed by atoms with E-state index in [1.165, 1.54) is 0 Å². The molecule has 1 fully saturated rings. The Bertz CT molecular complexity index is 310. The molecule has 1 unspecified atom stereocenters. The number of aliphatic hydroxyl groups excluding tert-OH is 1. The maximum Gasteiger partial charge on any atom is 0.328 e. The predicted molar refractivity (Wildman–Crippen MR) is 56.2 cm³/mol. The normalized spacial score (nSPS) is 21.2. The van der Waals surface area contributed by atoms with Crippen LogP contribution in [-0.4, -0.2) is 53.4 Å². The van der Waals surface area contributed by atoms with E-state index in [4.69, 9.17) is 10.2 Å². The highest BCUT2D eigenvalue weighted by Gasteiger charge is 2.22. The van der Waals surface area contributed by atoms with Crippen molar-refractivity contribution in [2.24, 2.45) is 0 Å². The molecule has 1 heterocycles. The maximum absolute atomic E-state index is 11.4. The number of aliphatic carboxylic acids is 1. The minimum absolute atomic E-state index is 0.0674. The van der Waals surface area contributed by atoms with Gasteiger partial charge in [0.05, 0.1) is 6.61 Å². The number of aliphatic hydroxyl groups is 1. The molecule has 0 saturated carbocycles. The summed E-state index contributed by atoms with van der Waals surface area (Å²) in [6.45, 7) is -0.354. The molecule has 0 aliphatic carbocycles. The summed E-state index contributed by atoms with van der Waals surface area (Å²) in [6, 6.07) is -2.22. The van der Waals surface area contributed by atoms with Crippen LogP contribution in [0.25, 0.3) is 0 Å². The first-order chi connectivity index (χ1) is 8.02. The predicted octanol–water partition coefficient (Wildman–Crippen LogP) is -1.99. The first kappa shape index (κ1) is 13.2. The first-order valence-corrected chi connectivity index (χ1v) is 5.20. The van der Waals surface area contributed by atoms with E-state index < -0.39 is 24.6 Å². The third kappa shape index (κ3) is 4.27. The lowest BCUT2D eigenvalue weighted by Gasteiger charge is -2.24. The third-order valence-electron chi connectivity index (χ3n) is 2.39. The number of amides is 3. The van der Waals surface area contributed by atoms with Gasteiger partial charge in [-0.2, -0.15) is 0 Å². The Hall–Kier alpha value is -1.83. The van der Waals surface area contributed by atoms with Crippen LogP contribution in [0.3, 0.4) is 0 Å². The number of carbonyl (C=O) groups excluding carboxylic acids is 2. The zero-order valence-corrected chi connectivity index (χ0v) is 9.10. The van der Waals surface area contributed by atoms with Crippen LogP contribution in [0.2, 0.25) is 0 Å². The van der Waals surface area contributed by atoms with Gasteiger partial charge in [0, 0.05) is 19.0 Å². The van der Waals surface area contributed by atoms with Crippen LogP contribution in [0, 0.1) is 0 Å². The van der Waals surface area contributed by atoms with Gasteiger partial charge in [-0.05, 0) is 6.42 Å². The van der Waals surface area contributed by atoms with Gasteiger partial charge in [-0.25, -0.2) is 9.59 Å². The van der Waals surface area contributed by atoms with Crippen molar-refractivity contribution in [1.82, 2.24) is 16.0 Å². The summed E-state index contributed by atoms with van der Waals surface area (Å²) in [6.07, 6.45) is 0.837. The van der Waals surface area contributed by atoms with E-state index in [0.717, 1.165) is 0 Å². The van der Waals surface area contributed by atoms with E-state index in [9.17, 15) is 14.4 Å². The van der Waals surface area contributed by atoms with Gasteiger partial charge < -0.3 is 26.2 Å². The van der Waals surface area contributed by atoms with Crippen LogP contribution in [0.5, 0.6) is 0 Å². The Balaban J connectivity index is 2.34. The molecule has 1 aliphatic rings. The molecule has 1 aliphatic heterocycles. The molecule has 8 heteroatoms. The lowest BCUT2D eigenvalue weighted by molar-refractivity contribution is -0.140. The molecule has 8 nitrogen and oxygen atoms in total. The number of rotatable bonds is 4.